The Bertz CT molecular complexity index is 697. The Morgan fingerprint density at radius 3 is 2.04 bits per heavy atom. The normalized spacial score (nSPS) is 10.2. The van der Waals surface area contributed by atoms with Gasteiger partial charge in [-0.1, -0.05) is 17.7 Å². The molecule has 0 aromatic heterocycles. The molecule has 0 heterocycles. The number of esters is 1. The van der Waals surface area contributed by atoms with Crippen molar-refractivity contribution in [2.75, 3.05) is 20.8 Å². The SMILES string of the molecule is COc1cccc(OC)c1OC(=O)COc1c(C)cc(Cl)cc1C. The van der Waals surface area contributed by atoms with Crippen molar-refractivity contribution in [3.63, 3.8) is 0 Å². The fourth-order valence-electron chi connectivity index (χ4n) is 2.32. The molecule has 2 rings (SSSR count). The number of hydrogen-bond donors (Lipinski definition) is 0. The molecule has 0 aliphatic heterocycles. The molecule has 5 nitrogen and oxygen atoms in total. The third-order valence-corrected chi connectivity index (χ3v) is 3.58. The van der Waals surface area contributed by atoms with Crippen molar-refractivity contribution >= 4 is 17.6 Å². The second-order valence-electron chi connectivity index (χ2n) is 5.12. The van der Waals surface area contributed by atoms with Crippen molar-refractivity contribution in [1.82, 2.24) is 0 Å². The van der Waals surface area contributed by atoms with Crippen LogP contribution in [-0.4, -0.2) is 26.8 Å². The predicted octanol–water partition coefficient (Wildman–Crippen LogP) is 3.96. The van der Waals surface area contributed by atoms with Gasteiger partial charge in [0, 0.05) is 5.02 Å². The summed E-state index contributed by atoms with van der Waals surface area (Å²) >= 11 is 5.98. The van der Waals surface area contributed by atoms with Crippen LogP contribution in [-0.2, 0) is 4.79 Å². The number of halogens is 1. The van der Waals surface area contributed by atoms with Gasteiger partial charge >= 0.3 is 5.97 Å². The molecule has 0 unspecified atom stereocenters. The molecule has 2 aromatic carbocycles. The zero-order valence-corrected chi connectivity index (χ0v) is 14.8. The van der Waals surface area contributed by atoms with E-state index in [4.69, 9.17) is 30.5 Å². The quantitative estimate of drug-likeness (QED) is 0.583. The number of benzene rings is 2. The molecule has 0 amide bonds. The van der Waals surface area contributed by atoms with Crippen LogP contribution in [0.3, 0.4) is 0 Å². The smallest absolute Gasteiger partial charge is 0.349 e. The summed E-state index contributed by atoms with van der Waals surface area (Å²) in [5.41, 5.74) is 1.70. The highest BCUT2D eigenvalue weighted by atomic mass is 35.5. The fourth-order valence-corrected chi connectivity index (χ4v) is 2.64. The topological polar surface area (TPSA) is 54.0 Å². The van der Waals surface area contributed by atoms with Crippen molar-refractivity contribution in [2.24, 2.45) is 0 Å². The molecule has 0 saturated carbocycles. The van der Waals surface area contributed by atoms with Gasteiger partial charge in [-0.25, -0.2) is 4.79 Å². The van der Waals surface area contributed by atoms with E-state index < -0.39 is 5.97 Å². The molecule has 0 atom stereocenters. The maximum absolute atomic E-state index is 12.1. The van der Waals surface area contributed by atoms with Gasteiger partial charge in [0.15, 0.2) is 18.1 Å². The van der Waals surface area contributed by atoms with Gasteiger partial charge in [0.1, 0.15) is 5.75 Å². The third-order valence-electron chi connectivity index (χ3n) is 3.36. The van der Waals surface area contributed by atoms with E-state index in [1.54, 1.807) is 30.3 Å². The van der Waals surface area contributed by atoms with Crippen molar-refractivity contribution in [3.8, 4) is 23.0 Å². The Balaban J connectivity index is 2.10. The molecule has 0 spiro atoms. The molecular weight excluding hydrogens is 332 g/mol. The summed E-state index contributed by atoms with van der Waals surface area (Å²) in [6, 6.07) is 8.65. The van der Waals surface area contributed by atoms with Crippen molar-refractivity contribution in [1.29, 1.82) is 0 Å². The van der Waals surface area contributed by atoms with Crippen LogP contribution in [0.25, 0.3) is 0 Å². The number of para-hydroxylation sites is 1. The van der Waals surface area contributed by atoms with Crippen LogP contribution in [0.4, 0.5) is 0 Å². The third kappa shape index (κ3) is 4.11. The first-order valence-corrected chi connectivity index (χ1v) is 7.65. The van der Waals surface area contributed by atoms with Gasteiger partial charge < -0.3 is 18.9 Å². The molecule has 0 bridgehead atoms. The highest BCUT2D eigenvalue weighted by Gasteiger charge is 2.17. The largest absolute Gasteiger partial charge is 0.493 e. The first kappa shape index (κ1) is 17.9. The molecule has 24 heavy (non-hydrogen) atoms. The molecule has 0 aliphatic carbocycles. The summed E-state index contributed by atoms with van der Waals surface area (Å²) in [6.45, 7) is 3.48. The Kier molecular flexibility index (Phi) is 5.93. The van der Waals surface area contributed by atoms with Gasteiger partial charge in [0.2, 0.25) is 5.75 Å². The Hall–Kier alpha value is -2.40. The highest BCUT2D eigenvalue weighted by molar-refractivity contribution is 6.30. The maximum Gasteiger partial charge on any atom is 0.349 e. The van der Waals surface area contributed by atoms with E-state index in [0.29, 0.717) is 22.3 Å². The van der Waals surface area contributed by atoms with E-state index in [1.165, 1.54) is 14.2 Å². The Morgan fingerprint density at radius 2 is 1.54 bits per heavy atom. The Morgan fingerprint density at radius 1 is 1.00 bits per heavy atom. The molecule has 0 radical (unpaired) electrons. The van der Waals surface area contributed by atoms with Crippen LogP contribution in [0.5, 0.6) is 23.0 Å². The molecule has 128 valence electrons. The van der Waals surface area contributed by atoms with Crippen LogP contribution in [0.1, 0.15) is 11.1 Å². The fraction of sp³-hybridized carbons (Fsp3) is 0.278. The summed E-state index contributed by atoms with van der Waals surface area (Å²) < 4.78 is 21.3. The van der Waals surface area contributed by atoms with Crippen LogP contribution >= 0.6 is 11.6 Å². The number of carbonyl (C=O) groups excluding carboxylic acids is 1. The zero-order valence-electron chi connectivity index (χ0n) is 14.0. The van der Waals surface area contributed by atoms with Crippen LogP contribution in [0.2, 0.25) is 5.02 Å². The minimum Gasteiger partial charge on any atom is -0.493 e. The van der Waals surface area contributed by atoms with Crippen LogP contribution in [0.15, 0.2) is 30.3 Å². The average molecular weight is 351 g/mol. The standard InChI is InChI=1S/C18H19ClO5/c1-11-8-13(19)9-12(2)17(11)23-10-16(20)24-18-14(21-3)6-5-7-15(18)22-4/h5-9H,10H2,1-4H3. The van der Waals surface area contributed by atoms with Gasteiger partial charge in [-0.15, -0.1) is 0 Å². The number of ether oxygens (including phenoxy) is 4. The first-order chi connectivity index (χ1) is 11.5. The Labute approximate surface area is 146 Å². The second-order valence-corrected chi connectivity index (χ2v) is 5.56. The van der Waals surface area contributed by atoms with Crippen molar-refractivity contribution in [2.45, 2.75) is 13.8 Å². The number of hydrogen-bond acceptors (Lipinski definition) is 5. The molecule has 2 aromatic rings. The van der Waals surface area contributed by atoms with Crippen molar-refractivity contribution in [3.05, 3.63) is 46.5 Å². The predicted molar refractivity (Wildman–Crippen MR) is 91.6 cm³/mol. The second kappa shape index (κ2) is 7.93. The summed E-state index contributed by atoms with van der Waals surface area (Å²) in [4.78, 5) is 12.1. The zero-order chi connectivity index (χ0) is 17.7. The van der Waals surface area contributed by atoms with Gasteiger partial charge in [-0.2, -0.15) is 0 Å². The summed E-state index contributed by atoms with van der Waals surface area (Å²) in [5, 5.41) is 0.624. The van der Waals surface area contributed by atoms with Gasteiger partial charge in [0.25, 0.3) is 0 Å². The van der Waals surface area contributed by atoms with Gasteiger partial charge in [-0.05, 0) is 49.2 Å². The maximum atomic E-state index is 12.1. The van der Waals surface area contributed by atoms with E-state index in [2.05, 4.69) is 0 Å². The lowest BCUT2D eigenvalue weighted by Crippen LogP contribution is -2.19. The van der Waals surface area contributed by atoms with E-state index >= 15 is 0 Å². The van der Waals surface area contributed by atoms with E-state index in [-0.39, 0.29) is 12.4 Å². The average Bonchev–Trinajstić information content (AvgIpc) is 2.54. The monoisotopic (exact) mass is 350 g/mol. The molecular formula is C18H19ClO5. The molecule has 6 heteroatoms. The number of carbonyl (C=O) groups is 1. The minimum absolute atomic E-state index is 0.223. The number of rotatable bonds is 6. The van der Waals surface area contributed by atoms with E-state index in [1.807, 2.05) is 13.8 Å². The molecule has 0 N–H and O–H groups in total. The minimum atomic E-state index is -0.563. The van der Waals surface area contributed by atoms with Crippen LogP contribution < -0.4 is 18.9 Å². The van der Waals surface area contributed by atoms with Gasteiger partial charge in [0.05, 0.1) is 14.2 Å². The van der Waals surface area contributed by atoms with E-state index in [0.717, 1.165) is 11.1 Å². The van der Waals surface area contributed by atoms with Gasteiger partial charge in [-0.3, -0.25) is 0 Å². The summed E-state index contributed by atoms with van der Waals surface area (Å²) in [6.07, 6.45) is 0. The van der Waals surface area contributed by atoms with Crippen molar-refractivity contribution < 1.29 is 23.7 Å². The number of aryl methyl sites for hydroxylation is 2. The lowest BCUT2D eigenvalue weighted by molar-refractivity contribution is -0.136. The van der Waals surface area contributed by atoms with E-state index in [9.17, 15) is 4.79 Å². The molecule has 0 fully saturated rings. The highest BCUT2D eigenvalue weighted by Crippen LogP contribution is 2.37. The first-order valence-electron chi connectivity index (χ1n) is 7.27. The lowest BCUT2D eigenvalue weighted by atomic mass is 10.1. The molecule has 0 saturated heterocycles. The molecule has 0 aliphatic rings. The lowest BCUT2D eigenvalue weighted by Gasteiger charge is -2.14. The number of methoxy groups -OCH3 is 2. The van der Waals surface area contributed by atoms with Crippen LogP contribution in [0, 0.1) is 13.8 Å². The summed E-state index contributed by atoms with van der Waals surface area (Å²) in [7, 11) is 2.98. The summed E-state index contributed by atoms with van der Waals surface area (Å²) in [5.74, 6) is 1.08.